The van der Waals surface area contributed by atoms with Crippen molar-refractivity contribution in [2.45, 2.75) is 17.4 Å². The number of rotatable bonds is 3. The Labute approximate surface area is 156 Å². The molecule has 1 atom stereocenters. The van der Waals surface area contributed by atoms with E-state index in [1.165, 1.54) is 5.56 Å². The van der Waals surface area contributed by atoms with Crippen LogP contribution < -0.4 is 0 Å². The summed E-state index contributed by atoms with van der Waals surface area (Å²) in [5, 5.41) is 4.25. The lowest BCUT2D eigenvalue weighted by Gasteiger charge is -2.36. The highest BCUT2D eigenvalue weighted by molar-refractivity contribution is 7.89. The third-order valence-electron chi connectivity index (χ3n) is 4.52. The Morgan fingerprint density at radius 3 is 2.56 bits per heavy atom. The summed E-state index contributed by atoms with van der Waals surface area (Å²) in [6.07, 6.45) is 0.695. The zero-order chi connectivity index (χ0) is 17.4. The van der Waals surface area contributed by atoms with Gasteiger partial charge >= 0.3 is 0 Å². The van der Waals surface area contributed by atoms with Gasteiger partial charge in [0, 0.05) is 6.54 Å². The Kier molecular flexibility index (Phi) is 4.41. The highest BCUT2D eigenvalue weighted by atomic mass is 35.5. The van der Waals surface area contributed by atoms with E-state index in [1.807, 2.05) is 35.0 Å². The third kappa shape index (κ3) is 2.91. The van der Waals surface area contributed by atoms with Gasteiger partial charge in [-0.2, -0.15) is 15.6 Å². The van der Waals surface area contributed by atoms with Crippen molar-refractivity contribution in [1.29, 1.82) is 0 Å². The van der Waals surface area contributed by atoms with E-state index in [-0.39, 0.29) is 16.0 Å². The van der Waals surface area contributed by atoms with E-state index in [0.717, 1.165) is 11.1 Å². The van der Waals surface area contributed by atoms with Crippen molar-refractivity contribution in [3.8, 4) is 0 Å². The Hall–Kier alpha value is -1.66. The molecule has 3 nitrogen and oxygen atoms in total. The number of halogens is 1. The molecule has 0 saturated heterocycles. The largest absolute Gasteiger partial charge is 0.245 e. The van der Waals surface area contributed by atoms with Crippen LogP contribution in [0.25, 0.3) is 0 Å². The lowest BCUT2D eigenvalue weighted by molar-refractivity contribution is 0.344. The summed E-state index contributed by atoms with van der Waals surface area (Å²) in [7, 11) is -3.70. The van der Waals surface area contributed by atoms with Crippen molar-refractivity contribution in [2.75, 3.05) is 6.54 Å². The van der Waals surface area contributed by atoms with E-state index in [4.69, 9.17) is 11.6 Å². The molecule has 3 aromatic rings. The molecule has 2 aromatic carbocycles. The van der Waals surface area contributed by atoms with Crippen molar-refractivity contribution < 1.29 is 8.42 Å². The van der Waals surface area contributed by atoms with Crippen molar-refractivity contribution >= 4 is 33.0 Å². The van der Waals surface area contributed by atoms with Gasteiger partial charge in [0.25, 0.3) is 0 Å². The quantitative estimate of drug-likeness (QED) is 0.648. The van der Waals surface area contributed by atoms with Crippen molar-refractivity contribution in [3.63, 3.8) is 0 Å². The zero-order valence-corrected chi connectivity index (χ0v) is 15.7. The Balaban J connectivity index is 1.88. The van der Waals surface area contributed by atoms with E-state index < -0.39 is 10.0 Å². The van der Waals surface area contributed by atoms with Gasteiger partial charge in [0.15, 0.2) is 0 Å². The minimum atomic E-state index is -3.70. The Morgan fingerprint density at radius 2 is 1.80 bits per heavy atom. The zero-order valence-electron chi connectivity index (χ0n) is 13.3. The first-order chi connectivity index (χ1) is 12.1. The van der Waals surface area contributed by atoms with E-state index in [2.05, 4.69) is 6.07 Å². The van der Waals surface area contributed by atoms with Gasteiger partial charge in [-0.15, -0.1) is 0 Å². The predicted octanol–water partition coefficient (Wildman–Crippen LogP) is 4.74. The summed E-state index contributed by atoms with van der Waals surface area (Å²) in [6.45, 7) is 0.436. The summed E-state index contributed by atoms with van der Waals surface area (Å²) in [5.41, 5.74) is 3.24. The maximum absolute atomic E-state index is 13.4. The fourth-order valence-corrected chi connectivity index (χ4v) is 6.13. The average molecular weight is 390 g/mol. The Bertz CT molecular complexity index is 1000. The first-order valence-electron chi connectivity index (χ1n) is 7.95. The molecule has 0 amide bonds. The van der Waals surface area contributed by atoms with Crippen LogP contribution >= 0.6 is 22.9 Å². The molecule has 6 heteroatoms. The van der Waals surface area contributed by atoms with Crippen molar-refractivity contribution in [1.82, 2.24) is 4.31 Å². The van der Waals surface area contributed by atoms with Gasteiger partial charge in [0.2, 0.25) is 10.0 Å². The second-order valence-electron chi connectivity index (χ2n) is 5.95. The molecule has 25 heavy (non-hydrogen) atoms. The maximum atomic E-state index is 13.4. The van der Waals surface area contributed by atoms with Crippen molar-refractivity contribution in [3.05, 3.63) is 87.1 Å². The smallest absolute Gasteiger partial charge is 0.207 e. The van der Waals surface area contributed by atoms with Gasteiger partial charge in [-0.1, -0.05) is 48.0 Å². The molecule has 1 unspecified atom stereocenters. The van der Waals surface area contributed by atoms with Crippen LogP contribution in [0.15, 0.2) is 70.3 Å². The molecule has 0 aliphatic carbocycles. The standard InChI is InChI=1S/C19H16ClNO2S2/c20-17-7-3-4-8-18(17)25(22,23)21-11-9-14-5-1-2-6-16(14)19(21)15-10-12-24-13-15/h1-8,10,12-13,19H,9,11H2. The van der Waals surface area contributed by atoms with Gasteiger partial charge in [0.1, 0.15) is 4.90 Å². The summed E-state index contributed by atoms with van der Waals surface area (Å²) < 4.78 is 28.3. The number of fused-ring (bicyclic) bond motifs is 1. The van der Waals surface area contributed by atoms with Crippen LogP contribution in [0.1, 0.15) is 22.7 Å². The molecule has 0 radical (unpaired) electrons. The van der Waals surface area contributed by atoms with Gasteiger partial charge in [-0.05, 0) is 52.1 Å². The molecule has 0 saturated carbocycles. The van der Waals surface area contributed by atoms with Crippen molar-refractivity contribution in [2.24, 2.45) is 0 Å². The van der Waals surface area contributed by atoms with Crippen LogP contribution in [-0.4, -0.2) is 19.3 Å². The summed E-state index contributed by atoms with van der Waals surface area (Å²) in [6, 6.07) is 16.4. The molecule has 4 rings (SSSR count). The normalized spacial score (nSPS) is 18.0. The monoisotopic (exact) mass is 389 g/mol. The maximum Gasteiger partial charge on any atom is 0.245 e. The van der Waals surface area contributed by atoms with E-state index >= 15 is 0 Å². The van der Waals surface area contributed by atoms with Gasteiger partial charge in [-0.25, -0.2) is 8.42 Å². The first kappa shape index (κ1) is 16.8. The molecule has 2 heterocycles. The number of hydrogen-bond donors (Lipinski definition) is 0. The Morgan fingerprint density at radius 1 is 1.04 bits per heavy atom. The number of benzene rings is 2. The molecule has 0 fully saturated rings. The van der Waals surface area contributed by atoms with E-state index in [0.29, 0.717) is 13.0 Å². The molecular weight excluding hydrogens is 374 g/mol. The third-order valence-corrected chi connectivity index (χ3v) is 7.59. The minimum absolute atomic E-state index is 0.163. The number of sulfonamides is 1. The highest BCUT2D eigenvalue weighted by Gasteiger charge is 2.38. The fourth-order valence-electron chi connectivity index (χ4n) is 3.36. The van der Waals surface area contributed by atoms with Crippen LogP contribution in [0.5, 0.6) is 0 Å². The molecule has 0 bridgehead atoms. The van der Waals surface area contributed by atoms with Crippen LogP contribution in [0.2, 0.25) is 5.02 Å². The molecule has 1 aliphatic rings. The average Bonchev–Trinajstić information content (AvgIpc) is 3.15. The van der Waals surface area contributed by atoms with Crippen LogP contribution in [0, 0.1) is 0 Å². The molecular formula is C19H16ClNO2S2. The second kappa shape index (κ2) is 6.57. The number of nitrogens with zero attached hydrogens (tertiary/aromatic N) is 1. The second-order valence-corrected chi connectivity index (χ2v) is 9.00. The summed E-state index contributed by atoms with van der Waals surface area (Å²) in [4.78, 5) is 0.163. The van der Waals surface area contributed by atoms with E-state index in [9.17, 15) is 8.42 Å². The molecule has 0 N–H and O–H groups in total. The molecule has 1 aromatic heterocycles. The molecule has 128 valence electrons. The first-order valence-corrected chi connectivity index (χ1v) is 10.7. The molecule has 1 aliphatic heterocycles. The van der Waals surface area contributed by atoms with Crippen LogP contribution in [-0.2, 0) is 16.4 Å². The van der Waals surface area contributed by atoms with Gasteiger partial charge in [-0.3, -0.25) is 0 Å². The minimum Gasteiger partial charge on any atom is -0.207 e. The number of hydrogen-bond acceptors (Lipinski definition) is 3. The fraction of sp³-hybridized carbons (Fsp3) is 0.158. The number of thiophene rings is 1. The lowest BCUT2D eigenvalue weighted by Crippen LogP contribution is -2.40. The summed E-state index contributed by atoms with van der Waals surface area (Å²) in [5.74, 6) is 0. The summed E-state index contributed by atoms with van der Waals surface area (Å²) >= 11 is 7.77. The van der Waals surface area contributed by atoms with E-state index in [1.54, 1.807) is 39.9 Å². The van der Waals surface area contributed by atoms with Gasteiger partial charge < -0.3 is 0 Å². The highest BCUT2D eigenvalue weighted by Crippen LogP contribution is 2.40. The SMILES string of the molecule is O=S(=O)(c1ccccc1Cl)N1CCc2ccccc2C1c1ccsc1. The predicted molar refractivity (Wildman–Crippen MR) is 102 cm³/mol. The van der Waals surface area contributed by atoms with Crippen LogP contribution in [0.3, 0.4) is 0 Å². The van der Waals surface area contributed by atoms with Gasteiger partial charge in [0.05, 0.1) is 11.1 Å². The lowest BCUT2D eigenvalue weighted by atomic mass is 9.91. The van der Waals surface area contributed by atoms with Crippen LogP contribution in [0.4, 0.5) is 0 Å². The topological polar surface area (TPSA) is 37.4 Å². The molecule has 0 spiro atoms.